The number of hydrogen-bond donors (Lipinski definition) is 0. The summed E-state index contributed by atoms with van der Waals surface area (Å²) >= 11 is 6.12. The van der Waals surface area contributed by atoms with Crippen LogP contribution in [0, 0.1) is 0 Å². The fourth-order valence-electron chi connectivity index (χ4n) is 3.29. The first-order valence-corrected chi connectivity index (χ1v) is 10.7. The van der Waals surface area contributed by atoms with E-state index in [2.05, 4.69) is 0 Å². The molecule has 7 heteroatoms. The van der Waals surface area contributed by atoms with Crippen molar-refractivity contribution in [3.8, 4) is 5.75 Å². The van der Waals surface area contributed by atoms with Crippen LogP contribution in [0.4, 0.5) is 0 Å². The highest BCUT2D eigenvalue weighted by Crippen LogP contribution is 2.26. The SMILES string of the molecule is COc1ccc(S(=O)(=O)C2CCN(C(=O)Cc3ccccc3Cl)CC2)cc1. The summed E-state index contributed by atoms with van der Waals surface area (Å²) in [5.74, 6) is 0.595. The zero-order chi connectivity index (χ0) is 19.4. The molecular formula is C20H22ClNO4S. The molecule has 1 heterocycles. The molecule has 1 aliphatic heterocycles. The lowest BCUT2D eigenvalue weighted by atomic mass is 10.1. The van der Waals surface area contributed by atoms with E-state index in [-0.39, 0.29) is 12.3 Å². The van der Waals surface area contributed by atoms with Crippen LogP contribution in [0.3, 0.4) is 0 Å². The van der Waals surface area contributed by atoms with E-state index in [1.165, 1.54) is 0 Å². The molecule has 0 aliphatic carbocycles. The van der Waals surface area contributed by atoms with Gasteiger partial charge in [-0.1, -0.05) is 29.8 Å². The first-order valence-electron chi connectivity index (χ1n) is 8.81. The van der Waals surface area contributed by atoms with Crippen molar-refractivity contribution in [1.29, 1.82) is 0 Å². The highest BCUT2D eigenvalue weighted by Gasteiger charge is 2.32. The summed E-state index contributed by atoms with van der Waals surface area (Å²) < 4.78 is 30.8. The summed E-state index contributed by atoms with van der Waals surface area (Å²) in [6.45, 7) is 0.868. The van der Waals surface area contributed by atoms with Gasteiger partial charge in [-0.3, -0.25) is 4.79 Å². The van der Waals surface area contributed by atoms with Gasteiger partial charge in [-0.2, -0.15) is 0 Å². The Morgan fingerprint density at radius 3 is 2.33 bits per heavy atom. The van der Waals surface area contributed by atoms with Gasteiger partial charge < -0.3 is 9.64 Å². The second-order valence-electron chi connectivity index (χ2n) is 6.57. The number of sulfone groups is 1. The van der Waals surface area contributed by atoms with Crippen LogP contribution in [-0.2, 0) is 21.1 Å². The zero-order valence-corrected chi connectivity index (χ0v) is 16.7. The Kier molecular flexibility index (Phi) is 6.07. The van der Waals surface area contributed by atoms with Gasteiger partial charge in [0.05, 0.1) is 23.7 Å². The summed E-state index contributed by atoms with van der Waals surface area (Å²) in [5.41, 5.74) is 0.789. The van der Waals surface area contributed by atoms with Crippen molar-refractivity contribution in [2.75, 3.05) is 20.2 Å². The second kappa shape index (κ2) is 8.31. The highest BCUT2D eigenvalue weighted by molar-refractivity contribution is 7.92. The van der Waals surface area contributed by atoms with Gasteiger partial charge in [0.25, 0.3) is 0 Å². The molecule has 0 spiro atoms. The van der Waals surface area contributed by atoms with Gasteiger partial charge in [-0.15, -0.1) is 0 Å². The molecule has 0 atom stereocenters. The van der Waals surface area contributed by atoms with Crippen molar-refractivity contribution < 1.29 is 17.9 Å². The van der Waals surface area contributed by atoms with Crippen LogP contribution in [0.25, 0.3) is 0 Å². The maximum Gasteiger partial charge on any atom is 0.227 e. The molecule has 0 N–H and O–H groups in total. The molecule has 3 rings (SSSR count). The third-order valence-corrected chi connectivity index (χ3v) is 7.57. The standard InChI is InChI=1S/C20H22ClNO4S/c1-26-16-6-8-17(9-7-16)27(24,25)18-10-12-22(13-11-18)20(23)14-15-4-2-3-5-19(15)21/h2-9,18H,10-14H2,1H3. The molecule has 1 amide bonds. The Bertz CT molecular complexity index is 904. The number of likely N-dealkylation sites (tertiary alicyclic amines) is 1. The van der Waals surface area contributed by atoms with E-state index in [4.69, 9.17) is 16.3 Å². The Morgan fingerprint density at radius 2 is 1.74 bits per heavy atom. The Hall–Kier alpha value is -2.05. The topological polar surface area (TPSA) is 63.7 Å². The average Bonchev–Trinajstić information content (AvgIpc) is 2.70. The number of hydrogen-bond acceptors (Lipinski definition) is 4. The van der Waals surface area contributed by atoms with Crippen LogP contribution >= 0.6 is 11.6 Å². The zero-order valence-electron chi connectivity index (χ0n) is 15.1. The minimum atomic E-state index is -3.42. The van der Waals surface area contributed by atoms with E-state index >= 15 is 0 Å². The van der Waals surface area contributed by atoms with Crippen molar-refractivity contribution in [3.63, 3.8) is 0 Å². The normalized spacial score (nSPS) is 15.6. The number of rotatable bonds is 5. The lowest BCUT2D eigenvalue weighted by Crippen LogP contribution is -2.43. The molecule has 0 unspecified atom stereocenters. The molecule has 2 aromatic rings. The van der Waals surface area contributed by atoms with Crippen LogP contribution in [0.1, 0.15) is 18.4 Å². The lowest BCUT2D eigenvalue weighted by molar-refractivity contribution is -0.131. The number of piperidine rings is 1. The predicted molar refractivity (Wildman–Crippen MR) is 105 cm³/mol. The van der Waals surface area contributed by atoms with E-state index < -0.39 is 15.1 Å². The molecule has 1 fully saturated rings. The molecule has 5 nitrogen and oxygen atoms in total. The Labute approximate surface area is 164 Å². The molecule has 27 heavy (non-hydrogen) atoms. The minimum absolute atomic E-state index is 0.0246. The molecule has 0 aromatic heterocycles. The fourth-order valence-corrected chi connectivity index (χ4v) is 5.22. The summed E-state index contributed by atoms with van der Waals surface area (Å²) in [5, 5.41) is 0.0954. The second-order valence-corrected chi connectivity index (χ2v) is 9.20. The molecule has 144 valence electrons. The van der Waals surface area contributed by atoms with E-state index in [1.807, 2.05) is 18.2 Å². The quantitative estimate of drug-likeness (QED) is 0.762. The Balaban J connectivity index is 1.62. The first kappa shape index (κ1) is 19.7. The van der Waals surface area contributed by atoms with Crippen molar-refractivity contribution in [1.82, 2.24) is 4.90 Å². The molecule has 0 radical (unpaired) electrons. The molecule has 2 aromatic carbocycles. The van der Waals surface area contributed by atoms with Crippen LogP contribution < -0.4 is 4.74 Å². The van der Waals surface area contributed by atoms with Gasteiger partial charge >= 0.3 is 0 Å². The average molecular weight is 408 g/mol. The van der Waals surface area contributed by atoms with Gasteiger partial charge in [0.15, 0.2) is 9.84 Å². The third kappa shape index (κ3) is 4.45. The maximum absolute atomic E-state index is 12.8. The Morgan fingerprint density at radius 1 is 1.11 bits per heavy atom. The van der Waals surface area contributed by atoms with Gasteiger partial charge in [-0.25, -0.2) is 8.42 Å². The molecule has 0 saturated carbocycles. The monoisotopic (exact) mass is 407 g/mol. The van der Waals surface area contributed by atoms with E-state index in [0.717, 1.165) is 5.56 Å². The minimum Gasteiger partial charge on any atom is -0.497 e. The number of nitrogens with zero attached hydrogens (tertiary/aromatic N) is 1. The van der Waals surface area contributed by atoms with Crippen LogP contribution in [-0.4, -0.2) is 44.7 Å². The third-order valence-electron chi connectivity index (χ3n) is 4.92. The van der Waals surface area contributed by atoms with Gasteiger partial charge in [0, 0.05) is 18.1 Å². The van der Waals surface area contributed by atoms with Crippen molar-refractivity contribution in [2.45, 2.75) is 29.4 Å². The van der Waals surface area contributed by atoms with Crippen LogP contribution in [0.15, 0.2) is 53.4 Å². The van der Waals surface area contributed by atoms with E-state index in [1.54, 1.807) is 42.3 Å². The number of ether oxygens (including phenoxy) is 1. The predicted octanol–water partition coefficient (Wildman–Crippen LogP) is 3.36. The van der Waals surface area contributed by atoms with Crippen LogP contribution in [0.2, 0.25) is 5.02 Å². The molecule has 1 aliphatic rings. The molecular weight excluding hydrogens is 386 g/mol. The maximum atomic E-state index is 12.8. The summed E-state index contributed by atoms with van der Waals surface area (Å²) in [6, 6.07) is 13.7. The number of carbonyl (C=O) groups excluding carboxylic acids is 1. The first-order chi connectivity index (χ1) is 12.9. The highest BCUT2D eigenvalue weighted by atomic mass is 35.5. The van der Waals surface area contributed by atoms with Crippen molar-refractivity contribution >= 4 is 27.3 Å². The smallest absolute Gasteiger partial charge is 0.227 e. The number of benzene rings is 2. The van der Waals surface area contributed by atoms with Crippen LogP contribution in [0.5, 0.6) is 5.75 Å². The van der Waals surface area contributed by atoms with E-state index in [9.17, 15) is 13.2 Å². The summed E-state index contributed by atoms with van der Waals surface area (Å²) in [7, 11) is -1.88. The number of methoxy groups -OCH3 is 1. The summed E-state index contributed by atoms with van der Waals surface area (Å²) in [6.07, 6.45) is 1.10. The van der Waals surface area contributed by atoms with Gasteiger partial charge in [0.2, 0.25) is 5.91 Å². The lowest BCUT2D eigenvalue weighted by Gasteiger charge is -2.32. The number of amides is 1. The van der Waals surface area contributed by atoms with Crippen molar-refractivity contribution in [3.05, 3.63) is 59.1 Å². The van der Waals surface area contributed by atoms with Gasteiger partial charge in [-0.05, 0) is 48.7 Å². The molecule has 1 saturated heterocycles. The largest absolute Gasteiger partial charge is 0.497 e. The number of halogens is 1. The van der Waals surface area contributed by atoms with Gasteiger partial charge in [0.1, 0.15) is 5.75 Å². The molecule has 0 bridgehead atoms. The van der Waals surface area contributed by atoms with E-state index in [0.29, 0.717) is 41.6 Å². The fraction of sp³-hybridized carbons (Fsp3) is 0.350. The van der Waals surface area contributed by atoms with Crippen molar-refractivity contribution in [2.24, 2.45) is 0 Å². The number of carbonyl (C=O) groups is 1. The summed E-state index contributed by atoms with van der Waals surface area (Å²) in [4.78, 5) is 14.5.